The Morgan fingerprint density at radius 2 is 1.56 bits per heavy atom. The van der Waals surface area contributed by atoms with Gasteiger partial charge in [0.1, 0.15) is 0 Å². The van der Waals surface area contributed by atoms with Crippen molar-refractivity contribution < 1.29 is 23.4 Å². The molecule has 0 aliphatic carbocycles. The minimum atomic E-state index is -4.38. The second-order valence-electron chi connectivity index (χ2n) is 7.33. The van der Waals surface area contributed by atoms with Crippen molar-refractivity contribution in [1.29, 1.82) is 0 Å². The number of aryl methyl sites for hydroxylation is 1. The molecule has 146 valence electrons. The fourth-order valence-electron chi connectivity index (χ4n) is 3.50. The van der Waals surface area contributed by atoms with Gasteiger partial charge in [-0.2, -0.15) is 13.2 Å². The van der Waals surface area contributed by atoms with E-state index in [0.717, 1.165) is 23.3 Å². The number of halogens is 3. The summed E-state index contributed by atoms with van der Waals surface area (Å²) in [4.78, 5) is 2.07. The molecule has 1 unspecified atom stereocenters. The van der Waals surface area contributed by atoms with Crippen LogP contribution in [0.1, 0.15) is 41.2 Å². The first-order valence-corrected chi connectivity index (χ1v) is 9.04. The second-order valence-corrected chi connectivity index (χ2v) is 7.33. The Labute approximate surface area is 157 Å². The van der Waals surface area contributed by atoms with Gasteiger partial charge in [0.05, 0.1) is 17.3 Å². The van der Waals surface area contributed by atoms with Gasteiger partial charge in [0.2, 0.25) is 0 Å². The van der Waals surface area contributed by atoms with Crippen molar-refractivity contribution in [1.82, 2.24) is 4.90 Å². The van der Waals surface area contributed by atoms with E-state index < -0.39 is 23.4 Å². The number of benzene rings is 2. The van der Waals surface area contributed by atoms with E-state index in [1.807, 2.05) is 31.2 Å². The van der Waals surface area contributed by atoms with Crippen LogP contribution >= 0.6 is 0 Å². The molecule has 0 amide bonds. The van der Waals surface area contributed by atoms with Crippen LogP contribution in [0.5, 0.6) is 0 Å². The molecular formula is C21H24F3NO2. The molecular weight excluding hydrogens is 355 g/mol. The summed E-state index contributed by atoms with van der Waals surface area (Å²) in [6.07, 6.45) is -4.16. The number of likely N-dealkylation sites (tertiary alicyclic amines) is 1. The SMILES string of the molecule is Cc1ccc(C(O)CN2CCC(O)(c3ccc(C(F)(F)F)cc3)CC2)cc1. The molecule has 2 aromatic carbocycles. The quantitative estimate of drug-likeness (QED) is 0.843. The summed E-state index contributed by atoms with van der Waals surface area (Å²) in [6, 6.07) is 12.5. The van der Waals surface area contributed by atoms with Gasteiger partial charge < -0.3 is 15.1 Å². The molecule has 0 spiro atoms. The van der Waals surface area contributed by atoms with Crippen LogP contribution in [-0.2, 0) is 11.8 Å². The van der Waals surface area contributed by atoms with E-state index in [2.05, 4.69) is 4.90 Å². The molecule has 1 aliphatic heterocycles. The number of hydrogen-bond acceptors (Lipinski definition) is 3. The Kier molecular flexibility index (Phi) is 5.60. The molecule has 0 saturated carbocycles. The zero-order valence-electron chi connectivity index (χ0n) is 15.2. The number of rotatable bonds is 4. The van der Waals surface area contributed by atoms with Gasteiger partial charge in [-0.3, -0.25) is 0 Å². The van der Waals surface area contributed by atoms with E-state index in [0.29, 0.717) is 38.0 Å². The van der Waals surface area contributed by atoms with Crippen molar-refractivity contribution in [3.8, 4) is 0 Å². The summed E-state index contributed by atoms with van der Waals surface area (Å²) >= 11 is 0. The number of nitrogens with zero attached hydrogens (tertiary/aromatic N) is 1. The molecule has 3 rings (SSSR count). The monoisotopic (exact) mass is 379 g/mol. The van der Waals surface area contributed by atoms with Gasteiger partial charge in [0.15, 0.2) is 0 Å². The Hall–Kier alpha value is -1.89. The molecule has 1 saturated heterocycles. The molecule has 6 heteroatoms. The highest BCUT2D eigenvalue weighted by molar-refractivity contribution is 5.29. The average molecular weight is 379 g/mol. The lowest BCUT2D eigenvalue weighted by Crippen LogP contribution is -2.44. The highest BCUT2D eigenvalue weighted by Crippen LogP contribution is 2.36. The second kappa shape index (κ2) is 7.62. The number of aliphatic hydroxyl groups is 2. The largest absolute Gasteiger partial charge is 0.416 e. The Morgan fingerprint density at radius 3 is 2.07 bits per heavy atom. The molecule has 1 fully saturated rings. The number of hydrogen-bond donors (Lipinski definition) is 2. The third-order valence-corrected chi connectivity index (χ3v) is 5.33. The molecule has 2 aromatic rings. The summed E-state index contributed by atoms with van der Waals surface area (Å²) in [5, 5.41) is 21.3. The van der Waals surface area contributed by atoms with Crippen LogP contribution in [0.4, 0.5) is 13.2 Å². The molecule has 3 nitrogen and oxygen atoms in total. The predicted molar refractivity (Wildman–Crippen MR) is 97.2 cm³/mol. The molecule has 1 atom stereocenters. The average Bonchev–Trinajstić information content (AvgIpc) is 2.64. The number of alkyl halides is 3. The highest BCUT2D eigenvalue weighted by atomic mass is 19.4. The molecule has 0 bridgehead atoms. The topological polar surface area (TPSA) is 43.7 Å². The fourth-order valence-corrected chi connectivity index (χ4v) is 3.50. The summed E-state index contributed by atoms with van der Waals surface area (Å²) in [6.45, 7) is 3.59. The van der Waals surface area contributed by atoms with Crippen molar-refractivity contribution in [3.05, 3.63) is 70.8 Å². The number of aliphatic hydroxyl groups excluding tert-OH is 1. The highest BCUT2D eigenvalue weighted by Gasteiger charge is 2.36. The van der Waals surface area contributed by atoms with Crippen LogP contribution in [0.15, 0.2) is 48.5 Å². The zero-order valence-corrected chi connectivity index (χ0v) is 15.2. The first-order valence-electron chi connectivity index (χ1n) is 9.04. The smallest absolute Gasteiger partial charge is 0.387 e. The van der Waals surface area contributed by atoms with E-state index in [1.54, 1.807) is 0 Å². The normalized spacial score (nSPS) is 19.0. The summed E-state index contributed by atoms with van der Waals surface area (Å²) in [5.74, 6) is 0. The van der Waals surface area contributed by atoms with Crippen LogP contribution in [-0.4, -0.2) is 34.7 Å². The molecule has 27 heavy (non-hydrogen) atoms. The first kappa shape index (κ1) is 19.9. The van der Waals surface area contributed by atoms with Gasteiger partial charge in [0, 0.05) is 19.6 Å². The zero-order chi connectivity index (χ0) is 19.7. The van der Waals surface area contributed by atoms with Gasteiger partial charge >= 0.3 is 6.18 Å². The van der Waals surface area contributed by atoms with Gasteiger partial charge in [-0.15, -0.1) is 0 Å². The lowest BCUT2D eigenvalue weighted by molar-refractivity contribution is -0.137. The molecule has 1 heterocycles. The third kappa shape index (κ3) is 4.69. The van der Waals surface area contributed by atoms with Gasteiger partial charge in [-0.25, -0.2) is 0 Å². The maximum Gasteiger partial charge on any atom is 0.416 e. The standard InChI is InChI=1S/C21H24F3NO2/c1-15-2-4-16(5-3-15)19(26)14-25-12-10-20(27,11-13-25)17-6-8-18(9-7-17)21(22,23)24/h2-9,19,26-27H,10-14H2,1H3. The third-order valence-electron chi connectivity index (χ3n) is 5.33. The summed E-state index contributed by atoms with van der Waals surface area (Å²) < 4.78 is 38.1. The van der Waals surface area contributed by atoms with Crippen LogP contribution in [0, 0.1) is 6.92 Å². The van der Waals surface area contributed by atoms with Crippen LogP contribution in [0.25, 0.3) is 0 Å². The lowest BCUT2D eigenvalue weighted by Gasteiger charge is -2.39. The Morgan fingerprint density at radius 1 is 1.00 bits per heavy atom. The van der Waals surface area contributed by atoms with Crippen LogP contribution < -0.4 is 0 Å². The van der Waals surface area contributed by atoms with Crippen LogP contribution in [0.2, 0.25) is 0 Å². The van der Waals surface area contributed by atoms with Crippen molar-refractivity contribution in [3.63, 3.8) is 0 Å². The Balaban J connectivity index is 1.59. The maximum atomic E-state index is 12.7. The van der Waals surface area contributed by atoms with E-state index >= 15 is 0 Å². The minimum absolute atomic E-state index is 0.416. The van der Waals surface area contributed by atoms with Gasteiger partial charge in [-0.05, 0) is 43.0 Å². The molecule has 0 radical (unpaired) electrons. The minimum Gasteiger partial charge on any atom is -0.387 e. The number of piperidine rings is 1. The van der Waals surface area contributed by atoms with E-state index in [4.69, 9.17) is 0 Å². The van der Waals surface area contributed by atoms with E-state index in [1.165, 1.54) is 12.1 Å². The van der Waals surface area contributed by atoms with Gasteiger partial charge in [-0.1, -0.05) is 42.0 Å². The Bertz CT molecular complexity index is 748. The molecule has 2 N–H and O–H groups in total. The van der Waals surface area contributed by atoms with Crippen molar-refractivity contribution >= 4 is 0 Å². The molecule has 1 aliphatic rings. The fraction of sp³-hybridized carbons (Fsp3) is 0.429. The molecule has 0 aromatic heterocycles. The summed E-state index contributed by atoms with van der Waals surface area (Å²) in [5.41, 5.74) is 0.646. The van der Waals surface area contributed by atoms with Gasteiger partial charge in [0.25, 0.3) is 0 Å². The van der Waals surface area contributed by atoms with E-state index in [9.17, 15) is 23.4 Å². The van der Waals surface area contributed by atoms with Crippen molar-refractivity contribution in [2.75, 3.05) is 19.6 Å². The maximum absolute atomic E-state index is 12.7. The lowest BCUT2D eigenvalue weighted by atomic mass is 9.84. The predicted octanol–water partition coefficient (Wildman–Crippen LogP) is 4.03. The van der Waals surface area contributed by atoms with E-state index in [-0.39, 0.29) is 0 Å². The van der Waals surface area contributed by atoms with Crippen molar-refractivity contribution in [2.24, 2.45) is 0 Å². The summed E-state index contributed by atoms with van der Waals surface area (Å²) in [7, 11) is 0. The van der Waals surface area contributed by atoms with Crippen LogP contribution in [0.3, 0.4) is 0 Å². The number of β-amino-alcohol motifs (C(OH)–C–C–N with tert-alkyl or cyclic N) is 1. The first-order chi connectivity index (χ1) is 12.7. The van der Waals surface area contributed by atoms with Crippen molar-refractivity contribution in [2.45, 2.75) is 37.6 Å².